The Labute approximate surface area is 336 Å². The van der Waals surface area contributed by atoms with Gasteiger partial charge in [0.1, 0.15) is 0 Å². The molecule has 0 bridgehead atoms. The predicted octanol–water partition coefficient (Wildman–Crippen LogP) is 14.3. The Morgan fingerprint density at radius 3 is 1.45 bits per heavy atom. The van der Waals surface area contributed by atoms with E-state index in [1.54, 1.807) is 12.4 Å². The summed E-state index contributed by atoms with van der Waals surface area (Å²) in [4.78, 5) is 9.44. The molecule has 0 fully saturated rings. The van der Waals surface area contributed by atoms with E-state index in [-0.39, 0.29) is 5.41 Å². The van der Waals surface area contributed by atoms with Crippen molar-refractivity contribution in [2.24, 2.45) is 0 Å². The summed E-state index contributed by atoms with van der Waals surface area (Å²) in [5, 5.41) is 7.21. The van der Waals surface area contributed by atoms with E-state index in [1.165, 1.54) is 93.9 Å². The number of nitrogens with zero attached hydrogens (tertiary/aromatic N) is 3. The second kappa shape index (κ2) is 12.3. The molecule has 2 heterocycles. The van der Waals surface area contributed by atoms with E-state index in [1.807, 2.05) is 0 Å². The van der Waals surface area contributed by atoms with Gasteiger partial charge in [-0.25, -0.2) is 0 Å². The number of aromatic nitrogens is 3. The molecule has 1 aliphatic carbocycles. The first-order valence-electron chi connectivity index (χ1n) is 20.1. The standard InChI is InChI=1S/C55H37N3/c1-55(2)49-32-38(35-20-18-34(19-21-35)37-24-27-47-48(31-37)41-12-3-4-15-46(41)53-54(47)57-29-28-56-53)22-25-42(49)43-26-23-39(33-50(43)55)36-10-9-11-40(30-36)58-51-16-7-5-13-44(51)45-14-6-8-17-52(45)58/h3-33H,1-2H3. The monoisotopic (exact) mass is 739 g/mol. The Hall–Kier alpha value is -7.36. The molecule has 272 valence electrons. The van der Waals surface area contributed by atoms with Gasteiger partial charge >= 0.3 is 0 Å². The molecular weight excluding hydrogens is 703 g/mol. The molecule has 0 spiro atoms. The fraction of sp³-hybridized carbons (Fsp3) is 0.0545. The van der Waals surface area contributed by atoms with Gasteiger partial charge in [-0.05, 0) is 109 Å². The van der Waals surface area contributed by atoms with Crippen molar-refractivity contribution in [3.63, 3.8) is 0 Å². The number of hydrogen-bond acceptors (Lipinski definition) is 2. The van der Waals surface area contributed by atoms with E-state index in [0.29, 0.717) is 0 Å². The average Bonchev–Trinajstić information content (AvgIpc) is 3.74. The van der Waals surface area contributed by atoms with Crippen molar-refractivity contribution < 1.29 is 0 Å². The van der Waals surface area contributed by atoms with Gasteiger partial charge in [0, 0.05) is 45.0 Å². The highest BCUT2D eigenvalue weighted by molar-refractivity contribution is 6.23. The average molecular weight is 740 g/mol. The molecule has 0 N–H and O–H groups in total. The molecule has 0 saturated heterocycles. The van der Waals surface area contributed by atoms with Gasteiger partial charge in [-0.15, -0.1) is 0 Å². The highest BCUT2D eigenvalue weighted by atomic mass is 15.0. The van der Waals surface area contributed by atoms with Crippen LogP contribution in [0.25, 0.3) is 105 Å². The van der Waals surface area contributed by atoms with Crippen molar-refractivity contribution >= 4 is 54.4 Å². The van der Waals surface area contributed by atoms with Crippen molar-refractivity contribution in [2.45, 2.75) is 19.3 Å². The van der Waals surface area contributed by atoms with Gasteiger partial charge in [0.25, 0.3) is 0 Å². The third-order valence-electron chi connectivity index (χ3n) is 12.7. The minimum Gasteiger partial charge on any atom is -0.309 e. The molecule has 0 amide bonds. The first kappa shape index (κ1) is 32.8. The maximum Gasteiger partial charge on any atom is 0.0971 e. The number of para-hydroxylation sites is 2. The van der Waals surface area contributed by atoms with E-state index in [4.69, 9.17) is 9.97 Å². The second-order valence-corrected chi connectivity index (χ2v) is 16.2. The van der Waals surface area contributed by atoms with Crippen LogP contribution < -0.4 is 0 Å². The molecule has 9 aromatic carbocycles. The maximum absolute atomic E-state index is 4.74. The Balaban J connectivity index is 0.876. The molecule has 3 nitrogen and oxygen atoms in total. The van der Waals surface area contributed by atoms with Crippen LogP contribution in [0.3, 0.4) is 0 Å². The summed E-state index contributed by atoms with van der Waals surface area (Å²) in [7, 11) is 0. The lowest BCUT2D eigenvalue weighted by Crippen LogP contribution is -2.15. The minimum absolute atomic E-state index is 0.149. The van der Waals surface area contributed by atoms with Crippen LogP contribution in [0.1, 0.15) is 25.0 Å². The Bertz CT molecular complexity index is 3390. The summed E-state index contributed by atoms with van der Waals surface area (Å²) in [6.07, 6.45) is 3.56. The van der Waals surface area contributed by atoms with Crippen LogP contribution in [-0.4, -0.2) is 14.5 Å². The highest BCUT2D eigenvalue weighted by Crippen LogP contribution is 2.51. The van der Waals surface area contributed by atoms with Crippen LogP contribution in [0.15, 0.2) is 188 Å². The number of fused-ring (bicyclic) bond motifs is 12. The van der Waals surface area contributed by atoms with Crippen LogP contribution in [0.2, 0.25) is 0 Å². The van der Waals surface area contributed by atoms with Gasteiger partial charge in [0.15, 0.2) is 0 Å². The fourth-order valence-corrected chi connectivity index (χ4v) is 9.79. The van der Waals surface area contributed by atoms with E-state index in [9.17, 15) is 0 Å². The first-order chi connectivity index (χ1) is 28.5. The third kappa shape index (κ3) is 4.80. The normalized spacial score (nSPS) is 13.1. The lowest BCUT2D eigenvalue weighted by Gasteiger charge is -2.23. The van der Waals surface area contributed by atoms with E-state index >= 15 is 0 Å². The zero-order valence-electron chi connectivity index (χ0n) is 32.2. The Morgan fingerprint density at radius 1 is 0.362 bits per heavy atom. The number of rotatable bonds is 4. The minimum atomic E-state index is -0.149. The SMILES string of the molecule is CC1(C)c2cc(-c3ccc(-c4ccc5c(c4)c4ccccc4c4nccnc54)cc3)ccc2-c2ccc(-c3cccc(-n4c5ccccc5c5ccccc54)c3)cc21. The zero-order chi connectivity index (χ0) is 38.5. The van der Waals surface area contributed by atoms with E-state index < -0.39 is 0 Å². The van der Waals surface area contributed by atoms with Gasteiger partial charge in [-0.3, -0.25) is 9.97 Å². The van der Waals surface area contributed by atoms with Gasteiger partial charge in [0.05, 0.1) is 22.1 Å². The molecule has 1 aliphatic rings. The van der Waals surface area contributed by atoms with Crippen LogP contribution in [0.4, 0.5) is 0 Å². The summed E-state index contributed by atoms with van der Waals surface area (Å²) in [6.45, 7) is 4.75. The Morgan fingerprint density at radius 2 is 0.828 bits per heavy atom. The quantitative estimate of drug-likeness (QED) is 0.168. The van der Waals surface area contributed by atoms with Crippen molar-refractivity contribution in [2.75, 3.05) is 0 Å². The van der Waals surface area contributed by atoms with Crippen LogP contribution in [0.5, 0.6) is 0 Å². The zero-order valence-corrected chi connectivity index (χ0v) is 32.2. The second-order valence-electron chi connectivity index (χ2n) is 16.2. The fourth-order valence-electron chi connectivity index (χ4n) is 9.79. The predicted molar refractivity (Wildman–Crippen MR) is 243 cm³/mol. The van der Waals surface area contributed by atoms with Crippen LogP contribution >= 0.6 is 0 Å². The molecule has 0 saturated carbocycles. The molecule has 11 aromatic rings. The lowest BCUT2D eigenvalue weighted by molar-refractivity contribution is 0.661. The smallest absolute Gasteiger partial charge is 0.0971 e. The van der Waals surface area contributed by atoms with E-state index in [2.05, 4.69) is 194 Å². The molecule has 0 radical (unpaired) electrons. The summed E-state index contributed by atoms with van der Waals surface area (Å²) in [5.74, 6) is 0. The molecule has 0 atom stereocenters. The van der Waals surface area contributed by atoms with Crippen molar-refractivity contribution in [1.82, 2.24) is 14.5 Å². The number of hydrogen-bond donors (Lipinski definition) is 0. The van der Waals surface area contributed by atoms with Crippen molar-refractivity contribution in [3.05, 3.63) is 199 Å². The summed E-state index contributed by atoms with van der Waals surface area (Å²) < 4.78 is 2.40. The molecule has 3 heteroatoms. The summed E-state index contributed by atoms with van der Waals surface area (Å²) in [5.41, 5.74) is 18.1. The Kier molecular flexibility index (Phi) is 6.98. The maximum atomic E-state index is 4.74. The molecule has 58 heavy (non-hydrogen) atoms. The summed E-state index contributed by atoms with van der Waals surface area (Å²) in [6, 6.07) is 64.8. The number of benzene rings is 9. The summed E-state index contributed by atoms with van der Waals surface area (Å²) >= 11 is 0. The van der Waals surface area contributed by atoms with Gasteiger partial charge in [-0.1, -0.05) is 147 Å². The molecule has 12 rings (SSSR count). The van der Waals surface area contributed by atoms with Crippen LogP contribution in [-0.2, 0) is 5.41 Å². The topological polar surface area (TPSA) is 30.7 Å². The highest BCUT2D eigenvalue weighted by Gasteiger charge is 2.36. The molecule has 0 aliphatic heterocycles. The van der Waals surface area contributed by atoms with Gasteiger partial charge < -0.3 is 4.57 Å². The largest absolute Gasteiger partial charge is 0.309 e. The first-order valence-corrected chi connectivity index (χ1v) is 20.1. The third-order valence-corrected chi connectivity index (χ3v) is 12.7. The molecule has 0 unspecified atom stereocenters. The molecule has 2 aromatic heterocycles. The van der Waals surface area contributed by atoms with Crippen molar-refractivity contribution in [1.29, 1.82) is 0 Å². The lowest BCUT2D eigenvalue weighted by atomic mass is 9.81. The van der Waals surface area contributed by atoms with Gasteiger partial charge in [0.2, 0.25) is 0 Å². The van der Waals surface area contributed by atoms with Crippen LogP contribution in [0, 0.1) is 0 Å². The van der Waals surface area contributed by atoms with Crippen molar-refractivity contribution in [3.8, 4) is 50.2 Å². The van der Waals surface area contributed by atoms with Gasteiger partial charge in [-0.2, -0.15) is 0 Å². The van der Waals surface area contributed by atoms with E-state index in [0.717, 1.165) is 21.8 Å². The molecular formula is C55H37N3.